The van der Waals surface area contributed by atoms with Gasteiger partial charge in [0, 0.05) is 24.2 Å². The molecular weight excluding hydrogens is 480 g/mol. The van der Waals surface area contributed by atoms with E-state index in [4.69, 9.17) is 4.74 Å². The Bertz CT molecular complexity index is 1490. The zero-order valence-electron chi connectivity index (χ0n) is 19.7. The van der Waals surface area contributed by atoms with Gasteiger partial charge in [-0.3, -0.25) is 19.2 Å². The van der Waals surface area contributed by atoms with E-state index in [0.717, 1.165) is 5.56 Å². The molecule has 184 valence electrons. The van der Waals surface area contributed by atoms with Gasteiger partial charge in [-0.2, -0.15) is 0 Å². The monoisotopic (exact) mass is 504 g/mol. The number of hydrogen-bond donors (Lipinski definition) is 3. The van der Waals surface area contributed by atoms with Crippen molar-refractivity contribution in [2.75, 3.05) is 12.4 Å². The molecule has 10 heteroatoms. The average Bonchev–Trinajstić information content (AvgIpc) is 3.30. The van der Waals surface area contributed by atoms with E-state index in [1.165, 1.54) is 11.3 Å². The Hall–Kier alpha value is -4.31. The van der Waals surface area contributed by atoms with E-state index >= 15 is 0 Å². The number of carbonyl (C=O) groups excluding carboxylic acids is 3. The molecule has 0 aliphatic heterocycles. The van der Waals surface area contributed by atoms with Crippen LogP contribution < -0.4 is 20.9 Å². The fourth-order valence-electron chi connectivity index (χ4n) is 3.61. The average molecular weight is 505 g/mol. The molecule has 0 saturated carbocycles. The summed E-state index contributed by atoms with van der Waals surface area (Å²) in [7, 11) is 1.56. The van der Waals surface area contributed by atoms with Crippen LogP contribution in [0.3, 0.4) is 0 Å². The number of fused-ring (bicyclic) bond motifs is 1. The van der Waals surface area contributed by atoms with Gasteiger partial charge in [-0.15, -0.1) is 11.3 Å². The molecule has 0 spiro atoms. The van der Waals surface area contributed by atoms with Crippen molar-refractivity contribution in [1.29, 1.82) is 0 Å². The molecule has 4 aromatic rings. The number of thiophene rings is 1. The number of ether oxygens (including phenoxy) is 1. The van der Waals surface area contributed by atoms with Crippen molar-refractivity contribution < 1.29 is 19.1 Å². The summed E-state index contributed by atoms with van der Waals surface area (Å²) in [6.07, 6.45) is 0.368. The highest BCUT2D eigenvalue weighted by molar-refractivity contribution is 7.16. The van der Waals surface area contributed by atoms with Gasteiger partial charge in [0.1, 0.15) is 10.6 Å². The van der Waals surface area contributed by atoms with E-state index < -0.39 is 11.5 Å². The molecule has 0 aliphatic carbocycles. The molecule has 2 aromatic heterocycles. The molecule has 2 aromatic carbocycles. The van der Waals surface area contributed by atoms with Crippen LogP contribution in [-0.2, 0) is 17.8 Å². The number of aromatic nitrogens is 2. The van der Waals surface area contributed by atoms with Crippen LogP contribution in [-0.4, -0.2) is 34.7 Å². The number of benzene rings is 2. The molecule has 2 heterocycles. The molecule has 36 heavy (non-hydrogen) atoms. The lowest BCUT2D eigenvalue weighted by Crippen LogP contribution is -2.27. The minimum Gasteiger partial charge on any atom is -0.497 e. The number of anilines is 1. The predicted molar refractivity (Wildman–Crippen MR) is 138 cm³/mol. The number of H-pyrrole nitrogens is 1. The minimum absolute atomic E-state index is 0.0256. The number of nitrogens with one attached hydrogen (secondary N) is 3. The van der Waals surface area contributed by atoms with Gasteiger partial charge in [-0.05, 0) is 52.9 Å². The molecule has 0 unspecified atom stereocenters. The number of rotatable bonds is 9. The lowest BCUT2D eigenvalue weighted by molar-refractivity contribution is -0.115. The number of aromatic amines is 1. The lowest BCUT2D eigenvalue weighted by atomic mass is 10.1. The van der Waals surface area contributed by atoms with E-state index in [-0.39, 0.29) is 35.9 Å². The molecule has 4 rings (SSSR count). The summed E-state index contributed by atoms with van der Waals surface area (Å²) in [5, 5.41) is 7.47. The fourth-order valence-corrected chi connectivity index (χ4v) is 4.56. The minimum atomic E-state index is -0.519. The normalized spacial score (nSPS) is 10.7. The molecule has 0 bridgehead atoms. The number of carbonyl (C=O) groups is 3. The van der Waals surface area contributed by atoms with Crippen molar-refractivity contribution in [1.82, 2.24) is 15.3 Å². The Kier molecular flexibility index (Phi) is 7.55. The maximum absolute atomic E-state index is 12.8. The highest BCUT2D eigenvalue weighted by Gasteiger charge is 2.17. The predicted octanol–water partition coefficient (Wildman–Crippen LogP) is 3.70. The summed E-state index contributed by atoms with van der Waals surface area (Å²) in [5.74, 6) is -0.237. The van der Waals surface area contributed by atoms with Crippen LogP contribution in [0.1, 0.15) is 45.4 Å². The van der Waals surface area contributed by atoms with E-state index in [1.54, 1.807) is 55.8 Å². The number of Topliss-reactive ketones (excluding diaryl/α,β-unsaturated/α-hetero) is 1. The van der Waals surface area contributed by atoms with Gasteiger partial charge >= 0.3 is 0 Å². The van der Waals surface area contributed by atoms with Crippen molar-refractivity contribution in [3.8, 4) is 5.75 Å². The van der Waals surface area contributed by atoms with Gasteiger partial charge in [-0.25, -0.2) is 4.98 Å². The molecule has 0 aliphatic rings. The highest BCUT2D eigenvalue weighted by Crippen LogP contribution is 2.22. The summed E-state index contributed by atoms with van der Waals surface area (Å²) in [6.45, 7) is 2.03. The number of nitrogens with zero attached hydrogens (tertiary/aromatic N) is 1. The van der Waals surface area contributed by atoms with Crippen LogP contribution in [0.2, 0.25) is 0 Å². The van der Waals surface area contributed by atoms with Crippen molar-refractivity contribution in [3.05, 3.63) is 86.8 Å². The van der Waals surface area contributed by atoms with Crippen molar-refractivity contribution in [3.63, 3.8) is 0 Å². The second-order valence-electron chi connectivity index (χ2n) is 7.97. The van der Waals surface area contributed by atoms with Crippen molar-refractivity contribution >= 4 is 44.8 Å². The number of ketones is 1. The van der Waals surface area contributed by atoms with Crippen LogP contribution >= 0.6 is 11.3 Å². The summed E-state index contributed by atoms with van der Waals surface area (Å²) < 4.78 is 5.18. The molecular formula is C26H24N4O5S. The first kappa shape index (κ1) is 24.8. The zero-order chi connectivity index (χ0) is 25.7. The molecule has 3 N–H and O–H groups in total. The molecule has 0 radical (unpaired) electrons. The maximum Gasteiger partial charge on any atom is 0.287 e. The van der Waals surface area contributed by atoms with Crippen LogP contribution in [0.15, 0.2) is 58.7 Å². The summed E-state index contributed by atoms with van der Waals surface area (Å²) in [4.78, 5) is 56.9. The molecule has 2 amide bonds. The van der Waals surface area contributed by atoms with Gasteiger partial charge in [0.25, 0.3) is 11.5 Å². The molecule has 9 nitrogen and oxygen atoms in total. The van der Waals surface area contributed by atoms with Gasteiger partial charge in [0.2, 0.25) is 11.7 Å². The fraction of sp³-hybridized carbons (Fsp3) is 0.192. The Labute approximate surface area is 210 Å². The Morgan fingerprint density at radius 2 is 1.89 bits per heavy atom. The van der Waals surface area contributed by atoms with E-state index in [9.17, 15) is 19.2 Å². The first-order valence-electron chi connectivity index (χ1n) is 11.2. The van der Waals surface area contributed by atoms with Gasteiger partial charge in [0.15, 0.2) is 5.78 Å². The van der Waals surface area contributed by atoms with E-state index in [0.29, 0.717) is 33.8 Å². The van der Waals surface area contributed by atoms with Crippen LogP contribution in [0, 0.1) is 0 Å². The van der Waals surface area contributed by atoms with Crippen LogP contribution in [0.25, 0.3) is 10.2 Å². The second kappa shape index (κ2) is 11.0. The van der Waals surface area contributed by atoms with Gasteiger partial charge in [0.05, 0.1) is 18.9 Å². The van der Waals surface area contributed by atoms with Crippen molar-refractivity contribution in [2.24, 2.45) is 0 Å². The van der Waals surface area contributed by atoms with E-state index in [2.05, 4.69) is 20.6 Å². The molecule has 0 atom stereocenters. The topological polar surface area (TPSA) is 130 Å². The van der Waals surface area contributed by atoms with Crippen LogP contribution in [0.4, 0.5) is 5.69 Å². The third kappa shape index (κ3) is 5.66. The smallest absolute Gasteiger partial charge is 0.287 e. The molecule has 0 fully saturated rings. The standard InChI is InChI=1S/C26H24N4O5S/c1-3-20(31)16-7-9-18(10-8-16)28-21(32)12-17-14-36-26-22(17)24(33)29-23(30-26)25(34)27-13-15-5-4-6-19(11-15)35-2/h4-11,14H,3,12-13H2,1-2H3,(H,27,34)(H,28,32)(H,29,30,33). The number of methoxy groups -OCH3 is 1. The van der Waals surface area contributed by atoms with Crippen molar-refractivity contribution in [2.45, 2.75) is 26.3 Å². The van der Waals surface area contributed by atoms with Crippen LogP contribution in [0.5, 0.6) is 5.75 Å². The third-order valence-corrected chi connectivity index (χ3v) is 6.41. The molecule has 0 saturated heterocycles. The Morgan fingerprint density at radius 1 is 1.11 bits per heavy atom. The SMILES string of the molecule is CCC(=O)c1ccc(NC(=O)Cc2csc3nc(C(=O)NCc4cccc(OC)c4)[nH]c(=O)c23)cc1. The van der Waals surface area contributed by atoms with Gasteiger partial charge in [-0.1, -0.05) is 19.1 Å². The van der Waals surface area contributed by atoms with E-state index in [1.807, 2.05) is 12.1 Å². The Morgan fingerprint density at radius 3 is 2.61 bits per heavy atom. The number of hydrogen-bond acceptors (Lipinski definition) is 7. The lowest BCUT2D eigenvalue weighted by Gasteiger charge is -2.07. The summed E-state index contributed by atoms with van der Waals surface area (Å²) in [6, 6.07) is 13.9. The first-order valence-corrected chi connectivity index (χ1v) is 12.1. The number of amides is 2. The maximum atomic E-state index is 12.8. The highest BCUT2D eigenvalue weighted by atomic mass is 32.1. The quantitative estimate of drug-likeness (QED) is 0.298. The Balaban J connectivity index is 1.43. The second-order valence-corrected chi connectivity index (χ2v) is 8.83. The first-order chi connectivity index (χ1) is 17.4. The zero-order valence-corrected chi connectivity index (χ0v) is 20.5. The third-order valence-electron chi connectivity index (χ3n) is 5.49. The largest absolute Gasteiger partial charge is 0.497 e. The summed E-state index contributed by atoms with van der Waals surface area (Å²) >= 11 is 1.19. The summed E-state index contributed by atoms with van der Waals surface area (Å²) in [5.41, 5.74) is 2.00. The van der Waals surface area contributed by atoms with Gasteiger partial charge < -0.3 is 20.4 Å².